The van der Waals surface area contributed by atoms with Crippen LogP contribution in [0.3, 0.4) is 0 Å². The Balaban J connectivity index is 2.45. The summed E-state index contributed by atoms with van der Waals surface area (Å²) in [5, 5.41) is 0.974. The lowest BCUT2D eigenvalue weighted by atomic mass is 10.2. The number of hydrogen-bond acceptors (Lipinski definition) is 4. The molecule has 0 atom stereocenters. The maximum absolute atomic E-state index is 6.48. The molecule has 2 aromatic rings. The third kappa shape index (κ3) is 3.92. The first-order chi connectivity index (χ1) is 10.7. The molecule has 0 fully saturated rings. The van der Waals surface area contributed by atoms with Crippen LogP contribution in [0, 0.1) is 0 Å². The van der Waals surface area contributed by atoms with E-state index in [2.05, 4.69) is 49.8 Å². The van der Waals surface area contributed by atoms with Gasteiger partial charge in [0.2, 0.25) is 4.67 Å². The molecule has 0 N–H and O–H groups in total. The molecule has 23 heavy (non-hydrogen) atoms. The second-order valence-corrected chi connectivity index (χ2v) is 12.5. The Kier molecular flexibility index (Phi) is 5.48. The fourth-order valence-corrected chi connectivity index (χ4v) is 3.53. The van der Waals surface area contributed by atoms with Crippen molar-refractivity contribution in [1.29, 1.82) is 0 Å². The van der Waals surface area contributed by atoms with E-state index in [1.807, 2.05) is 18.2 Å². The van der Waals surface area contributed by atoms with Crippen molar-refractivity contribution < 1.29 is 18.3 Å². The summed E-state index contributed by atoms with van der Waals surface area (Å²) in [6, 6.07) is 5.76. The summed E-state index contributed by atoms with van der Waals surface area (Å²) < 4.78 is 23.8. The molecule has 0 aliphatic rings. The predicted molar refractivity (Wildman–Crippen MR) is 99.1 cm³/mol. The zero-order chi connectivity index (χ0) is 17.3. The van der Waals surface area contributed by atoms with Gasteiger partial charge in [-0.15, -0.1) is 18.1 Å². The van der Waals surface area contributed by atoms with E-state index < -0.39 is 8.32 Å². The molecular weight excluding hydrogens is 376 g/mol. The molecule has 6 heteroatoms. The van der Waals surface area contributed by atoms with Gasteiger partial charge < -0.3 is 18.3 Å². The van der Waals surface area contributed by atoms with E-state index in [-0.39, 0.29) is 5.04 Å². The first-order valence-corrected chi connectivity index (χ1v) is 11.4. The predicted octanol–water partition coefficient (Wildman–Crippen LogP) is 5.60. The minimum absolute atomic E-state index is 0.0991. The Bertz CT molecular complexity index is 673. The van der Waals surface area contributed by atoms with Crippen molar-refractivity contribution in [2.24, 2.45) is 0 Å². The summed E-state index contributed by atoms with van der Waals surface area (Å²) in [7, 11) is -0.332. The van der Waals surface area contributed by atoms with Crippen molar-refractivity contribution in [1.82, 2.24) is 0 Å². The Morgan fingerprint density at radius 2 is 1.87 bits per heavy atom. The van der Waals surface area contributed by atoms with Crippen LogP contribution in [-0.4, -0.2) is 28.6 Å². The molecule has 0 saturated heterocycles. The number of halogens is 1. The van der Waals surface area contributed by atoms with Crippen molar-refractivity contribution in [3.8, 4) is 11.5 Å². The van der Waals surface area contributed by atoms with Gasteiger partial charge in [0.25, 0.3) is 0 Å². The van der Waals surface area contributed by atoms with E-state index in [1.54, 1.807) is 7.11 Å². The first kappa shape index (κ1) is 18.4. The summed E-state index contributed by atoms with van der Waals surface area (Å²) >= 11 is 3.50. The number of rotatable bonds is 6. The Labute approximate surface area is 147 Å². The summed E-state index contributed by atoms with van der Waals surface area (Å²) in [5.41, 5.74) is 0.750. The molecule has 0 spiro atoms. The van der Waals surface area contributed by atoms with Gasteiger partial charge in [-0.1, -0.05) is 26.8 Å². The Hall–Kier alpha value is -0.983. The van der Waals surface area contributed by atoms with Crippen LogP contribution >= 0.6 is 15.9 Å². The van der Waals surface area contributed by atoms with Gasteiger partial charge >= 0.3 is 0 Å². The highest BCUT2D eigenvalue weighted by Crippen LogP contribution is 2.46. The fraction of sp³-hybridized carbons (Fsp3) is 0.529. The normalized spacial score (nSPS) is 12.7. The lowest BCUT2D eigenvalue weighted by Crippen LogP contribution is -2.43. The van der Waals surface area contributed by atoms with E-state index in [9.17, 15) is 0 Å². The second kappa shape index (κ2) is 6.87. The van der Waals surface area contributed by atoms with E-state index in [1.165, 1.54) is 0 Å². The molecule has 1 aromatic heterocycles. The number of benzene rings is 1. The molecule has 2 rings (SSSR count). The van der Waals surface area contributed by atoms with Crippen LogP contribution in [0.25, 0.3) is 11.0 Å². The number of ether oxygens (including phenoxy) is 2. The molecule has 1 aromatic carbocycles. The second-order valence-electron chi connectivity index (χ2n) is 7.04. The minimum atomic E-state index is -1.99. The van der Waals surface area contributed by atoms with Gasteiger partial charge in [0.15, 0.2) is 0 Å². The van der Waals surface area contributed by atoms with E-state index in [0.29, 0.717) is 17.9 Å². The van der Waals surface area contributed by atoms with Crippen molar-refractivity contribution in [2.75, 3.05) is 20.3 Å². The van der Waals surface area contributed by atoms with Gasteiger partial charge in [-0.3, -0.25) is 0 Å². The molecular formula is C17H25BrO4Si-. The number of methoxy groups -OCH3 is 1. The van der Waals surface area contributed by atoms with Gasteiger partial charge in [-0.25, -0.2) is 0 Å². The average Bonchev–Trinajstić information content (AvgIpc) is 2.74. The monoisotopic (exact) mass is 400 g/mol. The highest BCUT2D eigenvalue weighted by atomic mass is 79.9. The summed E-state index contributed by atoms with van der Waals surface area (Å²) in [6.45, 7) is 12.1. The first-order valence-electron chi connectivity index (χ1n) is 7.69. The number of fused-ring (bicyclic) bond motifs is 1. The van der Waals surface area contributed by atoms with Crippen LogP contribution in [0.1, 0.15) is 20.8 Å². The minimum Gasteiger partial charge on any atom is -0.685 e. The standard InChI is InChI=1S/C17H25BrO4Si/c1-17(2,3)23(5,6)22-15-14-12(20-11-10-19-4)8-7-9-13(14)21-16(15)18/h7-9H,10-11H2,1-6H3/q-1. The van der Waals surface area contributed by atoms with Crippen LogP contribution in [-0.2, 0) is 4.74 Å². The van der Waals surface area contributed by atoms with Crippen molar-refractivity contribution >= 4 is 35.2 Å². The molecule has 0 radical (unpaired) electrons. The number of hydrogen-bond donors (Lipinski definition) is 0. The van der Waals surface area contributed by atoms with E-state index >= 15 is 0 Å². The molecule has 4 nitrogen and oxygen atoms in total. The highest BCUT2D eigenvalue weighted by molar-refractivity contribution is 9.10. The zero-order valence-electron chi connectivity index (χ0n) is 14.7. The Morgan fingerprint density at radius 3 is 2.48 bits per heavy atom. The molecule has 0 amide bonds. The van der Waals surface area contributed by atoms with Gasteiger partial charge in [0.05, 0.1) is 6.61 Å². The molecule has 1 heterocycles. The topological polar surface area (TPSA) is 40.8 Å². The lowest BCUT2D eigenvalue weighted by Gasteiger charge is -2.48. The average molecular weight is 401 g/mol. The van der Waals surface area contributed by atoms with E-state index in [4.69, 9.17) is 18.3 Å². The van der Waals surface area contributed by atoms with Gasteiger partial charge in [-0.05, 0) is 28.1 Å². The molecule has 129 valence electrons. The Morgan fingerprint density at radius 1 is 1.17 bits per heavy atom. The fourth-order valence-electron chi connectivity index (χ4n) is 1.92. The van der Waals surface area contributed by atoms with Crippen molar-refractivity contribution in [3.05, 3.63) is 22.9 Å². The molecule has 0 saturated carbocycles. The summed E-state index contributed by atoms with van der Waals surface area (Å²) in [6.07, 6.45) is 0. The largest absolute Gasteiger partial charge is 0.685 e. The number of furan rings is 1. The highest BCUT2D eigenvalue weighted by Gasteiger charge is 2.29. The maximum atomic E-state index is 6.48. The third-order valence-corrected chi connectivity index (χ3v) is 9.15. The van der Waals surface area contributed by atoms with Crippen LogP contribution in [0.15, 0.2) is 27.3 Å². The van der Waals surface area contributed by atoms with E-state index in [0.717, 1.165) is 22.5 Å². The summed E-state index contributed by atoms with van der Waals surface area (Å²) in [5.74, 6) is 1.49. The van der Waals surface area contributed by atoms with Gasteiger partial charge in [0, 0.05) is 15.4 Å². The lowest BCUT2D eigenvalue weighted by molar-refractivity contribution is 0.147. The third-order valence-electron chi connectivity index (χ3n) is 4.30. The van der Waals surface area contributed by atoms with Crippen LogP contribution < -0.4 is 9.16 Å². The molecule has 0 aliphatic heterocycles. The van der Waals surface area contributed by atoms with Gasteiger partial charge in [-0.2, -0.15) is 0 Å². The molecule has 0 bridgehead atoms. The van der Waals surface area contributed by atoms with Crippen molar-refractivity contribution in [2.45, 2.75) is 38.9 Å². The van der Waals surface area contributed by atoms with Crippen LogP contribution in [0.5, 0.6) is 11.5 Å². The maximum Gasteiger partial charge on any atom is 0.208 e. The van der Waals surface area contributed by atoms with Crippen LogP contribution in [0.2, 0.25) is 18.1 Å². The molecule has 0 unspecified atom stereocenters. The summed E-state index contributed by atoms with van der Waals surface area (Å²) in [4.78, 5) is 0. The van der Waals surface area contributed by atoms with Gasteiger partial charge in [0.1, 0.15) is 29.1 Å². The smallest absolute Gasteiger partial charge is 0.208 e. The quantitative estimate of drug-likeness (QED) is 0.466. The zero-order valence-corrected chi connectivity index (χ0v) is 17.2. The SMILES string of the molecule is COCCOc1cccc2oc(Br)c(O[Si-](C)(C)C(C)(C)C)c12. The van der Waals surface area contributed by atoms with Crippen LogP contribution in [0.4, 0.5) is 0 Å². The molecule has 0 aliphatic carbocycles. The van der Waals surface area contributed by atoms with Crippen molar-refractivity contribution in [3.63, 3.8) is 0 Å².